The van der Waals surface area contributed by atoms with E-state index >= 15 is 0 Å². The summed E-state index contributed by atoms with van der Waals surface area (Å²) in [6.07, 6.45) is 1.08. The molecule has 2 aromatic rings. The quantitative estimate of drug-likeness (QED) is 0.555. The first kappa shape index (κ1) is 26.3. The van der Waals surface area contributed by atoms with Gasteiger partial charge >= 0.3 is 0 Å². The average molecular weight is 513 g/mol. The fraction of sp³-hybridized carbons (Fsp3) is 0.481. The number of rotatable bonds is 9. The lowest BCUT2D eigenvalue weighted by Gasteiger charge is -2.34. The van der Waals surface area contributed by atoms with Gasteiger partial charge in [0, 0.05) is 57.9 Å². The van der Waals surface area contributed by atoms with Gasteiger partial charge in [-0.15, -0.1) is 0 Å². The highest BCUT2D eigenvalue weighted by molar-refractivity contribution is 7.89. The van der Waals surface area contributed by atoms with Crippen molar-refractivity contribution in [1.82, 2.24) is 14.5 Å². The number of benzene rings is 2. The Morgan fingerprint density at radius 1 is 1.00 bits per heavy atom. The standard InChI is InChI=1S/C27H36N4O4S/c1-21-8-9-25(18-22(21)2)31-20-24(19-26(31)32)27(33)28-11-17-36(34,35)30-15-13-29(14-16-30)12-10-23-6-4-3-5-7-23/h3-9,18,24H,10-17,19-20H2,1-2H3,(H,28,33). The molecule has 1 unspecified atom stereocenters. The van der Waals surface area contributed by atoms with Crippen LogP contribution in [0.25, 0.3) is 0 Å². The van der Waals surface area contributed by atoms with Crippen molar-refractivity contribution in [1.29, 1.82) is 0 Å². The fourth-order valence-corrected chi connectivity index (χ4v) is 6.10. The molecule has 9 heteroatoms. The second-order valence-corrected chi connectivity index (χ2v) is 11.8. The van der Waals surface area contributed by atoms with Gasteiger partial charge in [-0.3, -0.25) is 9.59 Å². The molecular formula is C27H36N4O4S. The van der Waals surface area contributed by atoms with Crippen LogP contribution >= 0.6 is 0 Å². The Morgan fingerprint density at radius 2 is 1.72 bits per heavy atom. The molecule has 194 valence electrons. The number of carbonyl (C=O) groups excluding carboxylic acids is 2. The summed E-state index contributed by atoms with van der Waals surface area (Å²) in [5.74, 6) is -0.966. The number of hydrogen-bond acceptors (Lipinski definition) is 5. The molecule has 36 heavy (non-hydrogen) atoms. The molecule has 2 aliphatic heterocycles. The molecule has 8 nitrogen and oxygen atoms in total. The summed E-state index contributed by atoms with van der Waals surface area (Å²) in [7, 11) is -3.45. The topological polar surface area (TPSA) is 90.0 Å². The van der Waals surface area contributed by atoms with Crippen molar-refractivity contribution in [3.63, 3.8) is 0 Å². The van der Waals surface area contributed by atoms with Crippen LogP contribution < -0.4 is 10.2 Å². The Hall–Kier alpha value is -2.75. The van der Waals surface area contributed by atoms with Crippen molar-refractivity contribution in [3.05, 3.63) is 65.2 Å². The minimum absolute atomic E-state index is 0.0454. The summed E-state index contributed by atoms with van der Waals surface area (Å²) in [4.78, 5) is 29.1. The third-order valence-electron chi connectivity index (χ3n) is 7.24. The van der Waals surface area contributed by atoms with Gasteiger partial charge in [-0.1, -0.05) is 36.4 Å². The molecule has 0 aliphatic carbocycles. The van der Waals surface area contributed by atoms with Crippen molar-refractivity contribution in [2.45, 2.75) is 26.7 Å². The summed E-state index contributed by atoms with van der Waals surface area (Å²) in [6, 6.07) is 16.1. The molecule has 0 spiro atoms. The van der Waals surface area contributed by atoms with Crippen LogP contribution in [0.4, 0.5) is 5.69 Å². The molecule has 2 saturated heterocycles. The molecule has 0 radical (unpaired) electrons. The number of amides is 2. The van der Waals surface area contributed by atoms with Crippen LogP contribution in [-0.2, 0) is 26.0 Å². The van der Waals surface area contributed by atoms with E-state index in [0.717, 1.165) is 29.8 Å². The molecule has 2 fully saturated rings. The molecule has 0 bridgehead atoms. The number of nitrogens with one attached hydrogen (secondary N) is 1. The van der Waals surface area contributed by atoms with Gasteiger partial charge < -0.3 is 15.1 Å². The average Bonchev–Trinajstić information content (AvgIpc) is 3.27. The third-order valence-corrected chi connectivity index (χ3v) is 9.11. The normalized spacial score (nSPS) is 19.6. The highest BCUT2D eigenvalue weighted by Gasteiger charge is 2.35. The number of piperazine rings is 1. The van der Waals surface area contributed by atoms with E-state index in [4.69, 9.17) is 0 Å². The maximum absolute atomic E-state index is 12.8. The summed E-state index contributed by atoms with van der Waals surface area (Å²) >= 11 is 0. The molecule has 2 aliphatic rings. The monoisotopic (exact) mass is 512 g/mol. The first-order chi connectivity index (χ1) is 17.2. The molecule has 4 rings (SSSR count). The smallest absolute Gasteiger partial charge is 0.227 e. The van der Waals surface area contributed by atoms with Crippen LogP contribution in [0.2, 0.25) is 0 Å². The second-order valence-electron chi connectivity index (χ2n) is 9.76. The predicted octanol–water partition coefficient (Wildman–Crippen LogP) is 1.96. The maximum Gasteiger partial charge on any atom is 0.227 e. The van der Waals surface area contributed by atoms with Crippen LogP contribution in [0, 0.1) is 19.8 Å². The van der Waals surface area contributed by atoms with Crippen LogP contribution in [0.3, 0.4) is 0 Å². The number of carbonyl (C=O) groups is 2. The predicted molar refractivity (Wildman–Crippen MR) is 141 cm³/mol. The SMILES string of the molecule is Cc1ccc(N2CC(C(=O)NCCS(=O)(=O)N3CCN(CCc4ccccc4)CC3)CC2=O)cc1C. The van der Waals surface area contributed by atoms with E-state index in [9.17, 15) is 18.0 Å². The number of sulfonamides is 1. The molecule has 0 aromatic heterocycles. The summed E-state index contributed by atoms with van der Waals surface area (Å²) in [5, 5.41) is 2.75. The van der Waals surface area contributed by atoms with Crippen LogP contribution in [0.5, 0.6) is 0 Å². The van der Waals surface area contributed by atoms with Gasteiger partial charge in [-0.25, -0.2) is 8.42 Å². The summed E-state index contributed by atoms with van der Waals surface area (Å²) < 4.78 is 27.2. The Kier molecular flexibility index (Phi) is 8.43. The highest BCUT2D eigenvalue weighted by atomic mass is 32.2. The summed E-state index contributed by atoms with van der Waals surface area (Å²) in [6.45, 7) is 7.62. The van der Waals surface area contributed by atoms with Crippen molar-refractivity contribution in [3.8, 4) is 0 Å². The Morgan fingerprint density at radius 3 is 2.42 bits per heavy atom. The van der Waals surface area contributed by atoms with Crippen LogP contribution in [0.1, 0.15) is 23.1 Å². The Balaban J connectivity index is 1.20. The largest absolute Gasteiger partial charge is 0.355 e. The third kappa shape index (κ3) is 6.52. The van der Waals surface area contributed by atoms with Gasteiger partial charge in [-0.2, -0.15) is 4.31 Å². The van der Waals surface area contributed by atoms with Gasteiger partial charge in [-0.05, 0) is 49.1 Å². The zero-order valence-electron chi connectivity index (χ0n) is 21.2. The number of aryl methyl sites for hydroxylation is 2. The highest BCUT2D eigenvalue weighted by Crippen LogP contribution is 2.27. The Bertz CT molecular complexity index is 1180. The van der Waals surface area contributed by atoms with E-state index < -0.39 is 15.9 Å². The minimum Gasteiger partial charge on any atom is -0.355 e. The first-order valence-electron chi connectivity index (χ1n) is 12.6. The summed E-state index contributed by atoms with van der Waals surface area (Å²) in [5.41, 5.74) is 4.32. The number of anilines is 1. The van der Waals surface area contributed by atoms with Gasteiger partial charge in [0.2, 0.25) is 21.8 Å². The van der Waals surface area contributed by atoms with Gasteiger partial charge in [0.05, 0.1) is 11.7 Å². The minimum atomic E-state index is -3.45. The molecule has 0 saturated carbocycles. The van der Waals surface area contributed by atoms with Gasteiger partial charge in [0.1, 0.15) is 0 Å². The van der Waals surface area contributed by atoms with E-state index in [1.165, 1.54) is 9.87 Å². The van der Waals surface area contributed by atoms with Crippen molar-refractivity contribution >= 4 is 27.5 Å². The van der Waals surface area contributed by atoms with E-state index in [-0.39, 0.29) is 30.5 Å². The van der Waals surface area contributed by atoms with E-state index in [1.54, 1.807) is 4.90 Å². The lowest BCUT2D eigenvalue weighted by atomic mass is 10.1. The van der Waals surface area contributed by atoms with Crippen molar-refractivity contribution < 1.29 is 18.0 Å². The molecule has 2 heterocycles. The van der Waals surface area contributed by atoms with E-state index in [1.807, 2.05) is 50.2 Å². The van der Waals surface area contributed by atoms with Crippen molar-refractivity contribution in [2.24, 2.45) is 5.92 Å². The zero-order valence-corrected chi connectivity index (χ0v) is 22.0. The van der Waals surface area contributed by atoms with Gasteiger partial charge in [0.25, 0.3) is 0 Å². The van der Waals surface area contributed by atoms with E-state index in [0.29, 0.717) is 32.7 Å². The molecule has 1 N–H and O–H groups in total. The van der Waals surface area contributed by atoms with E-state index in [2.05, 4.69) is 22.3 Å². The zero-order chi connectivity index (χ0) is 25.7. The fourth-order valence-electron chi connectivity index (χ4n) is 4.77. The van der Waals surface area contributed by atoms with Crippen molar-refractivity contribution in [2.75, 3.05) is 56.5 Å². The molecule has 2 amide bonds. The number of nitrogens with zero attached hydrogens (tertiary/aromatic N) is 3. The van der Waals surface area contributed by atoms with Gasteiger partial charge in [0.15, 0.2) is 0 Å². The molecule has 2 aromatic carbocycles. The maximum atomic E-state index is 12.8. The van der Waals surface area contributed by atoms with Crippen LogP contribution in [-0.4, -0.2) is 81.0 Å². The van der Waals surface area contributed by atoms with Crippen LogP contribution in [0.15, 0.2) is 48.5 Å². The molecular weight excluding hydrogens is 476 g/mol. The number of hydrogen-bond donors (Lipinski definition) is 1. The lowest BCUT2D eigenvalue weighted by Crippen LogP contribution is -2.50. The Labute approximate surface area is 214 Å². The second kappa shape index (κ2) is 11.5. The first-order valence-corrected chi connectivity index (χ1v) is 14.2. The molecule has 1 atom stereocenters. The lowest BCUT2D eigenvalue weighted by molar-refractivity contribution is -0.126.